The number of benzene rings is 2. The van der Waals surface area contributed by atoms with Crippen molar-refractivity contribution in [2.75, 3.05) is 17.7 Å². The average Bonchev–Trinajstić information content (AvgIpc) is 2.98. The third kappa shape index (κ3) is 3.47. The highest BCUT2D eigenvalue weighted by Gasteiger charge is 2.12. The van der Waals surface area contributed by atoms with Gasteiger partial charge in [0.2, 0.25) is 0 Å². The molecule has 0 aliphatic rings. The molecule has 0 radical (unpaired) electrons. The molecule has 0 saturated heterocycles. The maximum absolute atomic E-state index is 12.4. The van der Waals surface area contributed by atoms with Gasteiger partial charge in [-0.2, -0.15) is 0 Å². The van der Waals surface area contributed by atoms with Gasteiger partial charge in [0.1, 0.15) is 5.75 Å². The van der Waals surface area contributed by atoms with Crippen LogP contribution in [0.25, 0.3) is 10.1 Å². The molecule has 122 valence electrons. The van der Waals surface area contributed by atoms with Gasteiger partial charge in [0, 0.05) is 4.70 Å². The van der Waals surface area contributed by atoms with Crippen LogP contribution in [0.15, 0.2) is 48.5 Å². The van der Waals surface area contributed by atoms with E-state index in [1.165, 1.54) is 11.3 Å². The summed E-state index contributed by atoms with van der Waals surface area (Å²) in [5, 5.41) is 12.2. The number of thiophene rings is 1. The quantitative estimate of drug-likeness (QED) is 0.618. The van der Waals surface area contributed by atoms with E-state index in [-0.39, 0.29) is 5.91 Å². The molecule has 0 saturated carbocycles. The Morgan fingerprint density at radius 1 is 1.17 bits per heavy atom. The highest BCUT2D eigenvalue weighted by molar-refractivity contribution is 7.20. The number of aliphatic carboxylic acids is 1. The van der Waals surface area contributed by atoms with Gasteiger partial charge in [-0.15, -0.1) is 11.3 Å². The minimum atomic E-state index is -1.04. The number of nitrogens with two attached hydrogens (primary N) is 1. The van der Waals surface area contributed by atoms with Crippen LogP contribution in [0, 0.1) is 0 Å². The Balaban J connectivity index is 1.81. The second kappa shape index (κ2) is 6.59. The number of carbonyl (C=O) groups excluding carboxylic acids is 1. The highest BCUT2D eigenvalue weighted by atomic mass is 32.1. The third-order valence-corrected chi connectivity index (χ3v) is 4.40. The normalized spacial score (nSPS) is 10.5. The molecule has 1 heterocycles. The fourth-order valence-electron chi connectivity index (χ4n) is 2.16. The summed E-state index contributed by atoms with van der Waals surface area (Å²) in [4.78, 5) is 23.4. The number of rotatable bonds is 5. The Morgan fingerprint density at radius 2 is 1.96 bits per heavy atom. The fourth-order valence-corrected chi connectivity index (χ4v) is 3.10. The van der Waals surface area contributed by atoms with Crippen molar-refractivity contribution in [1.29, 1.82) is 0 Å². The summed E-state index contributed by atoms with van der Waals surface area (Å²) in [6, 6.07) is 14.0. The Hall–Kier alpha value is -3.06. The van der Waals surface area contributed by atoms with Crippen LogP contribution in [0.5, 0.6) is 5.75 Å². The lowest BCUT2D eigenvalue weighted by Gasteiger charge is -2.05. The molecule has 6 nitrogen and oxygen atoms in total. The Kier molecular flexibility index (Phi) is 4.35. The molecule has 1 amide bonds. The lowest BCUT2D eigenvalue weighted by molar-refractivity contribution is -0.139. The number of ether oxygens (including phenoxy) is 1. The number of anilines is 2. The highest BCUT2D eigenvalue weighted by Crippen LogP contribution is 2.30. The van der Waals surface area contributed by atoms with E-state index in [1.54, 1.807) is 48.5 Å². The minimum absolute atomic E-state index is 0.248. The lowest BCUT2D eigenvalue weighted by atomic mass is 10.2. The standard InChI is InChI=1S/C17H14N2O4S/c18-12-3-1-2-4-13(12)19-17(22)15-8-10-7-11(23-9-16(20)21)5-6-14(10)24-15/h1-8H,9,18H2,(H,19,22)(H,20,21). The van der Waals surface area contributed by atoms with Crippen molar-refractivity contribution in [2.24, 2.45) is 0 Å². The van der Waals surface area contributed by atoms with Crippen molar-refractivity contribution in [2.45, 2.75) is 0 Å². The number of nitrogen functional groups attached to an aromatic ring is 1. The van der Waals surface area contributed by atoms with Crippen LogP contribution in [-0.4, -0.2) is 23.6 Å². The first-order chi connectivity index (χ1) is 11.5. The van der Waals surface area contributed by atoms with Gasteiger partial charge in [0.05, 0.1) is 16.3 Å². The number of fused-ring (bicyclic) bond motifs is 1. The van der Waals surface area contributed by atoms with Gasteiger partial charge in [-0.3, -0.25) is 4.79 Å². The van der Waals surface area contributed by atoms with Gasteiger partial charge < -0.3 is 20.9 Å². The zero-order chi connectivity index (χ0) is 17.1. The van der Waals surface area contributed by atoms with Crippen LogP contribution in [0.4, 0.5) is 11.4 Å². The Bertz CT molecular complexity index is 920. The van der Waals surface area contributed by atoms with Crippen LogP contribution < -0.4 is 15.8 Å². The molecule has 0 fully saturated rings. The fraction of sp³-hybridized carbons (Fsp3) is 0.0588. The van der Waals surface area contributed by atoms with Gasteiger partial charge in [-0.25, -0.2) is 4.79 Å². The number of nitrogens with one attached hydrogen (secondary N) is 1. The van der Waals surface area contributed by atoms with Gasteiger partial charge in [0.25, 0.3) is 5.91 Å². The number of carboxylic acids is 1. The molecule has 0 atom stereocenters. The number of carbonyl (C=O) groups is 2. The summed E-state index contributed by atoms with van der Waals surface area (Å²) in [6.07, 6.45) is 0. The van der Waals surface area contributed by atoms with Gasteiger partial charge in [-0.05, 0) is 41.8 Å². The van der Waals surface area contributed by atoms with E-state index < -0.39 is 12.6 Å². The second-order valence-electron chi connectivity index (χ2n) is 5.03. The Labute approximate surface area is 141 Å². The summed E-state index contributed by atoms with van der Waals surface area (Å²) in [6.45, 7) is -0.406. The van der Waals surface area contributed by atoms with Crippen molar-refractivity contribution in [3.05, 3.63) is 53.4 Å². The van der Waals surface area contributed by atoms with Crippen LogP contribution >= 0.6 is 11.3 Å². The molecule has 0 unspecified atom stereocenters. The van der Waals surface area contributed by atoms with Gasteiger partial charge >= 0.3 is 5.97 Å². The van der Waals surface area contributed by atoms with E-state index in [2.05, 4.69) is 5.32 Å². The summed E-state index contributed by atoms with van der Waals surface area (Å²) < 4.78 is 6.05. The maximum Gasteiger partial charge on any atom is 0.341 e. The maximum atomic E-state index is 12.4. The number of carboxylic acid groups (broad SMARTS) is 1. The van der Waals surface area contributed by atoms with Crippen molar-refractivity contribution >= 4 is 44.7 Å². The largest absolute Gasteiger partial charge is 0.482 e. The number of hydrogen-bond acceptors (Lipinski definition) is 5. The Morgan fingerprint density at radius 3 is 2.71 bits per heavy atom. The third-order valence-electron chi connectivity index (χ3n) is 3.28. The summed E-state index contributed by atoms with van der Waals surface area (Å²) >= 11 is 1.34. The van der Waals surface area contributed by atoms with Crippen molar-refractivity contribution in [3.8, 4) is 5.75 Å². The van der Waals surface area contributed by atoms with E-state index >= 15 is 0 Å². The molecule has 1 aromatic heterocycles. The molecular formula is C17H14N2O4S. The summed E-state index contributed by atoms with van der Waals surface area (Å²) in [5.74, 6) is -0.843. The topological polar surface area (TPSA) is 102 Å². The predicted molar refractivity (Wildman–Crippen MR) is 93.8 cm³/mol. The molecule has 0 spiro atoms. The average molecular weight is 342 g/mol. The molecule has 0 bridgehead atoms. The molecule has 0 aliphatic carbocycles. The van der Waals surface area contributed by atoms with E-state index in [1.807, 2.05) is 0 Å². The summed E-state index contributed by atoms with van der Waals surface area (Å²) in [5.41, 5.74) is 6.88. The minimum Gasteiger partial charge on any atom is -0.482 e. The van der Waals surface area contributed by atoms with Gasteiger partial charge in [0.15, 0.2) is 6.61 Å². The van der Waals surface area contributed by atoms with Crippen LogP contribution in [0.1, 0.15) is 9.67 Å². The predicted octanol–water partition coefficient (Wildman–Crippen LogP) is 3.20. The van der Waals surface area contributed by atoms with Crippen LogP contribution in [0.2, 0.25) is 0 Å². The first kappa shape index (κ1) is 15.8. The first-order valence-corrected chi connectivity index (χ1v) is 7.88. The van der Waals surface area contributed by atoms with E-state index in [0.717, 1.165) is 10.1 Å². The first-order valence-electron chi connectivity index (χ1n) is 7.07. The molecule has 4 N–H and O–H groups in total. The van der Waals surface area contributed by atoms with Gasteiger partial charge in [-0.1, -0.05) is 12.1 Å². The summed E-state index contributed by atoms with van der Waals surface area (Å²) in [7, 11) is 0. The zero-order valence-corrected chi connectivity index (χ0v) is 13.3. The molecule has 2 aromatic carbocycles. The molecule has 0 aliphatic heterocycles. The van der Waals surface area contributed by atoms with Crippen LogP contribution in [0.3, 0.4) is 0 Å². The molecular weight excluding hydrogens is 328 g/mol. The number of amides is 1. The van der Waals surface area contributed by atoms with Crippen LogP contribution in [-0.2, 0) is 4.79 Å². The number of hydrogen-bond donors (Lipinski definition) is 3. The lowest BCUT2D eigenvalue weighted by Crippen LogP contribution is -2.11. The monoisotopic (exact) mass is 342 g/mol. The van der Waals surface area contributed by atoms with E-state index in [9.17, 15) is 9.59 Å². The molecule has 24 heavy (non-hydrogen) atoms. The second-order valence-corrected chi connectivity index (χ2v) is 6.12. The molecule has 3 rings (SSSR count). The molecule has 7 heteroatoms. The molecule has 3 aromatic rings. The zero-order valence-electron chi connectivity index (χ0n) is 12.5. The van der Waals surface area contributed by atoms with E-state index in [0.29, 0.717) is 22.0 Å². The number of para-hydroxylation sites is 2. The van der Waals surface area contributed by atoms with Crippen molar-refractivity contribution in [3.63, 3.8) is 0 Å². The van der Waals surface area contributed by atoms with Crippen molar-refractivity contribution in [1.82, 2.24) is 0 Å². The smallest absolute Gasteiger partial charge is 0.341 e. The van der Waals surface area contributed by atoms with Crippen molar-refractivity contribution < 1.29 is 19.4 Å². The SMILES string of the molecule is Nc1ccccc1NC(=O)c1cc2cc(OCC(=O)O)ccc2s1. The van der Waals surface area contributed by atoms with E-state index in [4.69, 9.17) is 15.6 Å².